The van der Waals surface area contributed by atoms with Crippen LogP contribution >= 0.6 is 0 Å². The number of aryl methyl sites for hydroxylation is 1. The SMILES string of the molecule is O=C(NCCCCn1ccnc1)c1ccc2c(c1)CNCCCCCCCN2C(=O)c1cccnc1. The number of unbranched alkanes of at least 4 members (excludes halogenated alkanes) is 1. The number of hydrogen-bond donors (Lipinski definition) is 2. The van der Waals surface area contributed by atoms with Crippen LogP contribution in [0.4, 0.5) is 5.69 Å². The van der Waals surface area contributed by atoms with E-state index in [-0.39, 0.29) is 11.8 Å². The first-order chi connectivity index (χ1) is 17.7. The van der Waals surface area contributed by atoms with Gasteiger partial charge in [-0.15, -0.1) is 0 Å². The van der Waals surface area contributed by atoms with Crippen molar-refractivity contribution < 1.29 is 9.59 Å². The molecule has 36 heavy (non-hydrogen) atoms. The monoisotopic (exact) mass is 488 g/mol. The lowest BCUT2D eigenvalue weighted by Crippen LogP contribution is -2.34. The van der Waals surface area contributed by atoms with Gasteiger partial charge in [0, 0.05) is 62.2 Å². The summed E-state index contributed by atoms with van der Waals surface area (Å²) in [6, 6.07) is 9.27. The molecule has 1 aliphatic rings. The number of carbonyl (C=O) groups is 2. The highest BCUT2D eigenvalue weighted by molar-refractivity contribution is 6.06. The molecule has 0 saturated carbocycles. The summed E-state index contributed by atoms with van der Waals surface area (Å²) >= 11 is 0. The predicted molar refractivity (Wildman–Crippen MR) is 141 cm³/mol. The van der Waals surface area contributed by atoms with E-state index in [0.29, 0.717) is 30.8 Å². The smallest absolute Gasteiger partial charge is 0.259 e. The van der Waals surface area contributed by atoms with Crippen LogP contribution in [0.1, 0.15) is 71.2 Å². The van der Waals surface area contributed by atoms with E-state index >= 15 is 0 Å². The summed E-state index contributed by atoms with van der Waals surface area (Å²) < 4.78 is 2.04. The van der Waals surface area contributed by atoms with Crippen molar-refractivity contribution >= 4 is 17.5 Å². The van der Waals surface area contributed by atoms with E-state index < -0.39 is 0 Å². The summed E-state index contributed by atoms with van der Waals surface area (Å²) in [7, 11) is 0. The number of imidazole rings is 1. The number of nitrogens with one attached hydrogen (secondary N) is 2. The molecular weight excluding hydrogens is 452 g/mol. The van der Waals surface area contributed by atoms with Crippen molar-refractivity contribution in [2.24, 2.45) is 0 Å². The standard InChI is InChI=1S/C28H36N6O2/c35-27(32-14-5-7-16-33-18-15-31-22-33)23-10-11-26-25(19-23)21-29-12-4-2-1-3-6-17-34(26)28(36)24-9-8-13-30-20-24/h8-11,13,15,18-20,22,29H,1-7,12,14,16-17,21H2,(H,32,35). The second kappa shape index (κ2) is 13.5. The van der Waals surface area contributed by atoms with E-state index in [1.807, 2.05) is 33.9 Å². The van der Waals surface area contributed by atoms with Crippen molar-refractivity contribution in [1.29, 1.82) is 0 Å². The van der Waals surface area contributed by atoms with Gasteiger partial charge < -0.3 is 20.1 Å². The van der Waals surface area contributed by atoms with Gasteiger partial charge in [0.1, 0.15) is 0 Å². The molecule has 190 valence electrons. The minimum absolute atomic E-state index is 0.0588. The van der Waals surface area contributed by atoms with E-state index in [0.717, 1.165) is 56.4 Å². The van der Waals surface area contributed by atoms with Crippen LogP contribution < -0.4 is 15.5 Å². The van der Waals surface area contributed by atoms with Gasteiger partial charge in [0.25, 0.3) is 11.8 Å². The van der Waals surface area contributed by atoms with E-state index in [1.165, 1.54) is 12.8 Å². The van der Waals surface area contributed by atoms with Crippen LogP contribution in [-0.4, -0.2) is 46.0 Å². The molecule has 0 radical (unpaired) electrons. The number of fused-ring (bicyclic) bond motifs is 1. The van der Waals surface area contributed by atoms with Crippen molar-refractivity contribution in [2.45, 2.75) is 58.0 Å². The van der Waals surface area contributed by atoms with Gasteiger partial charge in [-0.05, 0) is 68.1 Å². The second-order valence-corrected chi connectivity index (χ2v) is 9.25. The van der Waals surface area contributed by atoms with Crippen LogP contribution in [0, 0.1) is 0 Å². The van der Waals surface area contributed by atoms with Crippen molar-refractivity contribution in [1.82, 2.24) is 25.2 Å². The number of hydrogen-bond acceptors (Lipinski definition) is 5. The maximum atomic E-state index is 13.5. The Morgan fingerprint density at radius 3 is 2.69 bits per heavy atom. The van der Waals surface area contributed by atoms with E-state index in [1.54, 1.807) is 37.1 Å². The van der Waals surface area contributed by atoms with Crippen molar-refractivity contribution in [3.8, 4) is 0 Å². The number of anilines is 1. The van der Waals surface area contributed by atoms with Crippen LogP contribution in [0.25, 0.3) is 0 Å². The molecule has 8 heteroatoms. The third-order valence-corrected chi connectivity index (χ3v) is 6.52. The van der Waals surface area contributed by atoms with Crippen LogP contribution in [0.5, 0.6) is 0 Å². The molecule has 0 bridgehead atoms. The van der Waals surface area contributed by atoms with Gasteiger partial charge in [0.05, 0.1) is 11.9 Å². The molecule has 2 amide bonds. The van der Waals surface area contributed by atoms with E-state index in [2.05, 4.69) is 20.6 Å². The van der Waals surface area contributed by atoms with Crippen molar-refractivity contribution in [3.05, 3.63) is 78.1 Å². The summed E-state index contributed by atoms with van der Waals surface area (Å²) in [6.45, 7) is 3.68. The topological polar surface area (TPSA) is 92.2 Å². The first kappa shape index (κ1) is 25.6. The maximum absolute atomic E-state index is 13.5. The highest BCUT2D eigenvalue weighted by atomic mass is 16.2. The molecule has 8 nitrogen and oxygen atoms in total. The van der Waals surface area contributed by atoms with E-state index in [4.69, 9.17) is 0 Å². The van der Waals surface area contributed by atoms with Crippen LogP contribution in [-0.2, 0) is 13.1 Å². The minimum Gasteiger partial charge on any atom is -0.352 e. The largest absolute Gasteiger partial charge is 0.352 e. The fraction of sp³-hybridized carbons (Fsp3) is 0.429. The highest BCUT2D eigenvalue weighted by Crippen LogP contribution is 2.25. The zero-order chi connectivity index (χ0) is 25.0. The Kier molecular flexibility index (Phi) is 9.61. The number of amides is 2. The first-order valence-corrected chi connectivity index (χ1v) is 13.0. The fourth-order valence-corrected chi connectivity index (χ4v) is 4.52. The Balaban J connectivity index is 1.47. The fourth-order valence-electron chi connectivity index (χ4n) is 4.52. The number of rotatable bonds is 7. The molecule has 4 rings (SSSR count). The number of nitrogens with zero attached hydrogens (tertiary/aromatic N) is 4. The van der Waals surface area contributed by atoms with Crippen molar-refractivity contribution in [3.63, 3.8) is 0 Å². The Morgan fingerprint density at radius 2 is 1.86 bits per heavy atom. The zero-order valence-electron chi connectivity index (χ0n) is 20.9. The minimum atomic E-state index is -0.0864. The molecule has 2 aromatic heterocycles. The molecule has 3 heterocycles. The zero-order valence-corrected chi connectivity index (χ0v) is 20.9. The lowest BCUT2D eigenvalue weighted by Gasteiger charge is -2.26. The molecule has 0 aliphatic carbocycles. The molecule has 1 aromatic carbocycles. The third-order valence-electron chi connectivity index (χ3n) is 6.52. The Labute approximate surface area is 213 Å². The maximum Gasteiger partial charge on any atom is 0.259 e. The quantitative estimate of drug-likeness (QED) is 0.487. The normalized spacial score (nSPS) is 14.8. The summed E-state index contributed by atoms with van der Waals surface area (Å²) in [4.78, 5) is 36.4. The number of pyridine rings is 1. The molecule has 0 unspecified atom stereocenters. The lowest BCUT2D eigenvalue weighted by atomic mass is 10.0. The van der Waals surface area contributed by atoms with Gasteiger partial charge in [-0.3, -0.25) is 14.6 Å². The van der Waals surface area contributed by atoms with Gasteiger partial charge in [-0.25, -0.2) is 4.98 Å². The average Bonchev–Trinajstić information content (AvgIpc) is 3.42. The molecule has 3 aromatic rings. The molecule has 2 N–H and O–H groups in total. The van der Waals surface area contributed by atoms with Gasteiger partial charge in [-0.1, -0.05) is 19.3 Å². The molecule has 0 spiro atoms. The molecule has 0 saturated heterocycles. The van der Waals surface area contributed by atoms with Crippen molar-refractivity contribution in [2.75, 3.05) is 24.5 Å². The highest BCUT2D eigenvalue weighted by Gasteiger charge is 2.21. The van der Waals surface area contributed by atoms with Gasteiger partial charge in [-0.2, -0.15) is 0 Å². The third kappa shape index (κ3) is 7.24. The second-order valence-electron chi connectivity index (χ2n) is 9.25. The summed E-state index contributed by atoms with van der Waals surface area (Å²) in [5, 5.41) is 6.55. The molecule has 0 fully saturated rings. The number of aromatic nitrogens is 3. The number of carbonyl (C=O) groups excluding carboxylic acids is 2. The van der Waals surface area contributed by atoms with Crippen LogP contribution in [0.15, 0.2) is 61.4 Å². The lowest BCUT2D eigenvalue weighted by molar-refractivity contribution is 0.0951. The van der Waals surface area contributed by atoms with Crippen LogP contribution in [0.2, 0.25) is 0 Å². The van der Waals surface area contributed by atoms with Gasteiger partial charge in [0.2, 0.25) is 0 Å². The average molecular weight is 489 g/mol. The van der Waals surface area contributed by atoms with Crippen LogP contribution in [0.3, 0.4) is 0 Å². The number of benzene rings is 1. The molecule has 0 atom stereocenters. The Hall–Kier alpha value is -3.52. The summed E-state index contributed by atoms with van der Waals surface area (Å²) in [5.41, 5.74) is 3.00. The molecule has 1 aliphatic heterocycles. The van der Waals surface area contributed by atoms with Gasteiger partial charge >= 0.3 is 0 Å². The van der Waals surface area contributed by atoms with Gasteiger partial charge in [0.15, 0.2) is 0 Å². The Bertz CT molecular complexity index is 1100. The first-order valence-electron chi connectivity index (χ1n) is 13.0. The summed E-state index contributed by atoms with van der Waals surface area (Å²) in [5.74, 6) is -0.145. The predicted octanol–water partition coefficient (Wildman–Crippen LogP) is 4.19. The molecular formula is C28H36N6O2. The Morgan fingerprint density at radius 1 is 0.972 bits per heavy atom. The summed E-state index contributed by atoms with van der Waals surface area (Å²) in [6.07, 6.45) is 16.2. The van der Waals surface area contributed by atoms with E-state index in [9.17, 15) is 9.59 Å².